The molecule has 0 saturated carbocycles. The highest BCUT2D eigenvalue weighted by molar-refractivity contribution is 5.96. The van der Waals surface area contributed by atoms with Crippen LogP contribution in [0.4, 0.5) is 0 Å². The Balaban J connectivity index is 2.37. The number of methoxy groups -OCH3 is 1. The van der Waals surface area contributed by atoms with Crippen molar-refractivity contribution in [3.8, 4) is 11.5 Å². The summed E-state index contributed by atoms with van der Waals surface area (Å²) in [5.74, 6) is -1.42. The van der Waals surface area contributed by atoms with Crippen molar-refractivity contribution in [3.63, 3.8) is 0 Å². The number of carbonyl (C=O) groups excluding carboxylic acids is 1. The zero-order valence-electron chi connectivity index (χ0n) is 14.5. The number of phenolic OH excluding ortho intramolecular Hbond substituents is 2. The van der Waals surface area contributed by atoms with Gasteiger partial charge in [-0.25, -0.2) is 4.79 Å². The first-order valence-electron chi connectivity index (χ1n) is 8.46. The molecule has 0 amide bonds. The first-order valence-corrected chi connectivity index (χ1v) is 8.46. The van der Waals surface area contributed by atoms with Crippen LogP contribution in [0.1, 0.15) is 67.3 Å². The molecule has 2 atom stereocenters. The zero-order chi connectivity index (χ0) is 17.7. The number of carbonyl (C=O) groups is 1. The smallest absolute Gasteiger partial charge is 0.345 e. The molecule has 1 aromatic rings. The molecular formula is C18H26O6. The van der Waals surface area contributed by atoms with Crippen molar-refractivity contribution in [2.24, 2.45) is 0 Å². The Hall–Kier alpha value is -1.79. The standard InChI is InChI=1S/C18H26O6/c1-4-6-7-8-12-9-11-10-13(19)15(17(21)22-3)16(20)14(11)18(24-12)23-5-2/h10,12,18-20H,4-9H2,1-3H3/t12-,18?/m1/s1. The average Bonchev–Trinajstić information content (AvgIpc) is 2.54. The fourth-order valence-corrected chi connectivity index (χ4v) is 3.06. The van der Waals surface area contributed by atoms with Gasteiger partial charge in [0.15, 0.2) is 6.29 Å². The zero-order valence-corrected chi connectivity index (χ0v) is 14.5. The van der Waals surface area contributed by atoms with Crippen molar-refractivity contribution in [1.29, 1.82) is 0 Å². The second-order valence-corrected chi connectivity index (χ2v) is 5.93. The molecule has 0 bridgehead atoms. The van der Waals surface area contributed by atoms with Crippen LogP contribution in [-0.4, -0.2) is 36.0 Å². The maximum absolute atomic E-state index is 11.8. The molecule has 134 valence electrons. The number of phenols is 2. The first-order chi connectivity index (χ1) is 11.5. The van der Waals surface area contributed by atoms with Crippen LogP contribution in [0.2, 0.25) is 0 Å². The Kier molecular flexibility index (Phi) is 6.45. The molecule has 2 rings (SSSR count). The van der Waals surface area contributed by atoms with Gasteiger partial charge in [0.2, 0.25) is 0 Å². The normalized spacial score (nSPS) is 19.8. The number of hydrogen-bond donors (Lipinski definition) is 2. The second kappa shape index (κ2) is 8.35. The third kappa shape index (κ3) is 3.82. The van der Waals surface area contributed by atoms with Crippen LogP contribution in [0, 0.1) is 0 Å². The Morgan fingerprint density at radius 3 is 2.71 bits per heavy atom. The summed E-state index contributed by atoms with van der Waals surface area (Å²) in [6.07, 6.45) is 3.96. The molecule has 0 aliphatic carbocycles. The Bertz CT molecular complexity index is 583. The van der Waals surface area contributed by atoms with Crippen molar-refractivity contribution in [2.45, 2.75) is 58.3 Å². The van der Waals surface area contributed by atoms with Crippen LogP contribution in [-0.2, 0) is 20.6 Å². The van der Waals surface area contributed by atoms with Gasteiger partial charge in [-0.15, -0.1) is 0 Å². The molecule has 1 aliphatic rings. The van der Waals surface area contributed by atoms with Crippen molar-refractivity contribution in [2.75, 3.05) is 13.7 Å². The predicted octanol–water partition coefficient (Wildman–Crippen LogP) is 3.44. The summed E-state index contributed by atoms with van der Waals surface area (Å²) in [5.41, 5.74) is 0.889. The monoisotopic (exact) mass is 338 g/mol. The summed E-state index contributed by atoms with van der Waals surface area (Å²) in [4.78, 5) is 11.8. The van der Waals surface area contributed by atoms with Gasteiger partial charge in [-0.1, -0.05) is 26.2 Å². The molecule has 0 fully saturated rings. The van der Waals surface area contributed by atoms with E-state index >= 15 is 0 Å². The quantitative estimate of drug-likeness (QED) is 0.585. The Labute approximate surface area is 142 Å². The maximum atomic E-state index is 11.8. The summed E-state index contributed by atoms with van der Waals surface area (Å²) < 4.78 is 16.2. The highest BCUT2D eigenvalue weighted by atomic mass is 16.7. The molecule has 6 heteroatoms. The van der Waals surface area contributed by atoms with Gasteiger partial charge in [0.1, 0.15) is 17.1 Å². The highest BCUT2D eigenvalue weighted by Crippen LogP contribution is 2.43. The van der Waals surface area contributed by atoms with Gasteiger partial charge < -0.3 is 24.4 Å². The van der Waals surface area contributed by atoms with E-state index < -0.39 is 12.3 Å². The van der Waals surface area contributed by atoms with Gasteiger partial charge in [0, 0.05) is 6.61 Å². The van der Waals surface area contributed by atoms with Crippen LogP contribution in [0.3, 0.4) is 0 Å². The lowest BCUT2D eigenvalue weighted by atomic mass is 9.92. The number of unbranched alkanes of at least 4 members (excludes halogenated alkanes) is 2. The molecule has 6 nitrogen and oxygen atoms in total. The third-order valence-electron chi connectivity index (χ3n) is 4.24. The lowest BCUT2D eigenvalue weighted by molar-refractivity contribution is -0.183. The third-order valence-corrected chi connectivity index (χ3v) is 4.24. The highest BCUT2D eigenvalue weighted by Gasteiger charge is 2.34. The van der Waals surface area contributed by atoms with Crippen LogP contribution >= 0.6 is 0 Å². The molecule has 0 aromatic heterocycles. The lowest BCUT2D eigenvalue weighted by Gasteiger charge is -2.33. The number of rotatable bonds is 7. The van der Waals surface area contributed by atoms with E-state index in [1.165, 1.54) is 13.2 Å². The Morgan fingerprint density at radius 2 is 2.08 bits per heavy atom. The van der Waals surface area contributed by atoms with Crippen molar-refractivity contribution in [3.05, 3.63) is 22.8 Å². The molecule has 1 heterocycles. The molecule has 0 spiro atoms. The number of ether oxygens (including phenoxy) is 3. The minimum atomic E-state index is -0.798. The van der Waals surface area contributed by atoms with E-state index in [1.54, 1.807) is 0 Å². The number of esters is 1. The van der Waals surface area contributed by atoms with Gasteiger partial charge in [-0.05, 0) is 31.4 Å². The summed E-state index contributed by atoms with van der Waals surface area (Å²) in [5, 5.41) is 20.6. The van der Waals surface area contributed by atoms with E-state index in [-0.39, 0.29) is 23.2 Å². The SMILES string of the molecule is CCCCC[C@@H]1Cc2cc(O)c(C(=O)OC)c(O)c2C(OCC)O1. The minimum absolute atomic E-state index is 0.0385. The molecular weight excluding hydrogens is 312 g/mol. The summed E-state index contributed by atoms with van der Waals surface area (Å²) in [6, 6.07) is 1.50. The van der Waals surface area contributed by atoms with Crippen LogP contribution in [0.25, 0.3) is 0 Å². The summed E-state index contributed by atoms with van der Waals surface area (Å²) >= 11 is 0. The number of aromatic hydroxyl groups is 2. The number of benzene rings is 1. The molecule has 0 radical (unpaired) electrons. The Morgan fingerprint density at radius 1 is 1.33 bits per heavy atom. The molecule has 1 aromatic carbocycles. The maximum Gasteiger partial charge on any atom is 0.345 e. The van der Waals surface area contributed by atoms with Crippen molar-refractivity contribution < 1.29 is 29.2 Å². The fourth-order valence-electron chi connectivity index (χ4n) is 3.06. The molecule has 0 saturated heterocycles. The van der Waals surface area contributed by atoms with Gasteiger partial charge in [0.25, 0.3) is 0 Å². The molecule has 2 N–H and O–H groups in total. The largest absolute Gasteiger partial charge is 0.507 e. The average molecular weight is 338 g/mol. The van der Waals surface area contributed by atoms with Gasteiger partial charge in [-0.2, -0.15) is 0 Å². The van der Waals surface area contributed by atoms with Crippen LogP contribution < -0.4 is 0 Å². The van der Waals surface area contributed by atoms with Crippen LogP contribution in [0.5, 0.6) is 11.5 Å². The predicted molar refractivity (Wildman–Crippen MR) is 88.2 cm³/mol. The fraction of sp³-hybridized carbons (Fsp3) is 0.611. The van der Waals surface area contributed by atoms with E-state index in [4.69, 9.17) is 9.47 Å². The first kappa shape index (κ1) is 18.5. The van der Waals surface area contributed by atoms with Crippen molar-refractivity contribution >= 4 is 5.97 Å². The van der Waals surface area contributed by atoms with Gasteiger partial charge >= 0.3 is 5.97 Å². The van der Waals surface area contributed by atoms with E-state index in [0.717, 1.165) is 31.2 Å². The molecule has 1 aliphatic heterocycles. The van der Waals surface area contributed by atoms with Gasteiger partial charge in [-0.3, -0.25) is 0 Å². The number of fused-ring (bicyclic) bond motifs is 1. The summed E-state index contributed by atoms with van der Waals surface area (Å²) in [7, 11) is 1.20. The van der Waals surface area contributed by atoms with E-state index in [2.05, 4.69) is 11.7 Å². The van der Waals surface area contributed by atoms with E-state index in [9.17, 15) is 15.0 Å². The van der Waals surface area contributed by atoms with E-state index in [1.807, 2.05) is 6.92 Å². The molecule has 24 heavy (non-hydrogen) atoms. The lowest BCUT2D eigenvalue weighted by Crippen LogP contribution is -2.28. The van der Waals surface area contributed by atoms with Crippen LogP contribution in [0.15, 0.2) is 6.07 Å². The van der Waals surface area contributed by atoms with Gasteiger partial charge in [0.05, 0.1) is 18.8 Å². The topological polar surface area (TPSA) is 85.2 Å². The number of hydrogen-bond acceptors (Lipinski definition) is 6. The van der Waals surface area contributed by atoms with E-state index in [0.29, 0.717) is 18.6 Å². The molecule has 1 unspecified atom stereocenters. The summed E-state index contributed by atoms with van der Waals surface area (Å²) in [6.45, 7) is 4.38. The minimum Gasteiger partial charge on any atom is -0.507 e. The second-order valence-electron chi connectivity index (χ2n) is 5.93. The van der Waals surface area contributed by atoms with Crippen molar-refractivity contribution in [1.82, 2.24) is 0 Å².